The van der Waals surface area contributed by atoms with Crippen molar-refractivity contribution >= 4 is 0 Å². The molecule has 12 atom stereocenters. The summed E-state index contributed by atoms with van der Waals surface area (Å²) in [5.74, 6) is 33.9. The first-order chi connectivity index (χ1) is 42.6. The number of hydrogen-bond donors (Lipinski definition) is 0. The Balaban J connectivity index is 0.680. The molecule has 12 aliphatic carbocycles. The number of hydrogen-bond acceptors (Lipinski definition) is 8. The highest BCUT2D eigenvalue weighted by atomic mass is 16.5. The molecular formula is C80H88O8. The van der Waals surface area contributed by atoms with E-state index in [4.69, 9.17) is 37.9 Å². The number of rotatable bonds is 0. The van der Waals surface area contributed by atoms with E-state index >= 15 is 0 Å². The minimum absolute atomic E-state index is 0.0497. The van der Waals surface area contributed by atoms with E-state index in [1.165, 1.54) is 48.0 Å². The summed E-state index contributed by atoms with van der Waals surface area (Å²) in [6.45, 7) is 22.6. The van der Waals surface area contributed by atoms with Crippen molar-refractivity contribution in [3.63, 3.8) is 0 Å². The van der Waals surface area contributed by atoms with Crippen molar-refractivity contribution in [3.05, 3.63) is 166 Å². The van der Waals surface area contributed by atoms with Crippen LogP contribution in [0.4, 0.5) is 0 Å². The summed E-state index contributed by atoms with van der Waals surface area (Å²) in [4.78, 5) is 0. The normalized spacial score (nSPS) is 31.7. The molecule has 456 valence electrons. The van der Waals surface area contributed by atoms with Crippen molar-refractivity contribution in [2.75, 3.05) is 26.4 Å². The molecule has 0 aromatic heterocycles. The maximum atomic E-state index is 6.73. The van der Waals surface area contributed by atoms with Gasteiger partial charge in [0.1, 0.15) is 49.4 Å². The van der Waals surface area contributed by atoms with Gasteiger partial charge >= 0.3 is 0 Å². The highest BCUT2D eigenvalue weighted by molar-refractivity contribution is 5.39. The zero-order valence-electron chi connectivity index (χ0n) is 53.1. The SMILES string of the molecule is CC1(C)[C@H]2C[C@@H]3OCc4ccc(cc4)CO[C@H]4C[C@H]5C[C@@H](C4=CC#CCOc4ccc(cc4)OCC#CC=C4[C@H](C[C@H]6C[C@@H]4C6(C)C)OCc4ccc(cc4)CO[C@H]4C[C@H]6C[C@@H](C4=CC#CCOc4ccc(cc4)OCC#CC=C3[C@@H]1C2)C6(C)C)C5(C)C. The van der Waals surface area contributed by atoms with Gasteiger partial charge in [-0.05, 0) is 238 Å². The molecule has 23 rings (SSSR count). The summed E-state index contributed by atoms with van der Waals surface area (Å²) in [5, 5.41) is 0. The van der Waals surface area contributed by atoms with Crippen molar-refractivity contribution < 1.29 is 37.9 Å². The third-order valence-corrected chi connectivity index (χ3v) is 23.1. The van der Waals surface area contributed by atoms with Crippen LogP contribution in [-0.4, -0.2) is 50.8 Å². The Hall–Kier alpha value is -6.88. The zero-order valence-corrected chi connectivity index (χ0v) is 53.1. The van der Waals surface area contributed by atoms with Crippen LogP contribution in [0.5, 0.6) is 23.0 Å². The molecule has 12 fully saturated rings. The first-order valence-corrected chi connectivity index (χ1v) is 32.6. The smallest absolute Gasteiger partial charge is 0.149 e. The third kappa shape index (κ3) is 12.4. The fraction of sp³-hybridized carbons (Fsp3) is 0.500. The van der Waals surface area contributed by atoms with Crippen molar-refractivity contribution in [3.8, 4) is 70.4 Å². The molecule has 4 aromatic carbocycles. The average Bonchev–Trinajstić information content (AvgIpc) is 0.880. The Labute approximate surface area is 524 Å². The van der Waals surface area contributed by atoms with Gasteiger partial charge in [0, 0.05) is 0 Å². The van der Waals surface area contributed by atoms with Crippen molar-refractivity contribution in [1.82, 2.24) is 0 Å². The van der Waals surface area contributed by atoms with Gasteiger partial charge in [0.2, 0.25) is 0 Å². The van der Waals surface area contributed by atoms with Crippen LogP contribution in [0.1, 0.15) is 129 Å². The first kappa shape index (κ1) is 60.1. The summed E-state index contributed by atoms with van der Waals surface area (Å²) in [7, 11) is 0. The summed E-state index contributed by atoms with van der Waals surface area (Å²) < 4.78 is 51.2. The van der Waals surface area contributed by atoms with E-state index in [0.717, 1.165) is 70.9 Å². The van der Waals surface area contributed by atoms with Crippen LogP contribution < -0.4 is 18.9 Å². The van der Waals surface area contributed by atoms with Crippen LogP contribution in [0, 0.1) is 116 Å². The lowest BCUT2D eigenvalue weighted by atomic mass is 9.46. The van der Waals surface area contributed by atoms with Gasteiger partial charge in [0.05, 0.1) is 50.8 Å². The van der Waals surface area contributed by atoms with Gasteiger partial charge in [-0.15, -0.1) is 0 Å². The largest absolute Gasteiger partial charge is 0.481 e. The third-order valence-electron chi connectivity index (χ3n) is 23.1. The number of benzene rings is 4. The average molecular weight is 1180 g/mol. The predicted octanol–water partition coefficient (Wildman–Crippen LogP) is 15.8. The lowest BCUT2D eigenvalue weighted by Crippen LogP contribution is -2.54. The topological polar surface area (TPSA) is 73.8 Å². The summed E-state index contributed by atoms with van der Waals surface area (Å²) in [6, 6.07) is 32.9. The predicted molar refractivity (Wildman–Crippen MR) is 345 cm³/mol. The van der Waals surface area contributed by atoms with Crippen LogP contribution in [0.2, 0.25) is 0 Å². The molecule has 12 saturated carbocycles. The second-order valence-electron chi connectivity index (χ2n) is 29.0. The molecule has 19 aliphatic rings. The molecule has 0 unspecified atom stereocenters. The molecule has 0 radical (unpaired) electrons. The van der Waals surface area contributed by atoms with Gasteiger partial charge in [-0.1, -0.05) is 151 Å². The van der Waals surface area contributed by atoms with Crippen LogP contribution in [0.3, 0.4) is 0 Å². The molecule has 16 bridgehead atoms. The lowest BCUT2D eigenvalue weighted by Gasteiger charge is -2.59. The van der Waals surface area contributed by atoms with Crippen molar-refractivity contribution in [2.24, 2.45) is 69.0 Å². The molecule has 8 nitrogen and oxygen atoms in total. The molecule has 4 aromatic rings. The monoisotopic (exact) mass is 1180 g/mol. The maximum Gasteiger partial charge on any atom is 0.149 e. The molecule has 0 saturated heterocycles. The second-order valence-corrected chi connectivity index (χ2v) is 29.0. The molecule has 0 N–H and O–H groups in total. The molecular weight excluding hydrogens is 1090 g/mol. The first-order valence-electron chi connectivity index (χ1n) is 32.6. The number of allylic oxidation sites excluding steroid dienone is 4. The highest BCUT2D eigenvalue weighted by Gasteiger charge is 2.58. The van der Waals surface area contributed by atoms with Gasteiger partial charge < -0.3 is 37.9 Å². The molecule has 7 heterocycles. The van der Waals surface area contributed by atoms with E-state index in [2.05, 4.69) is 176 Å². The van der Waals surface area contributed by atoms with E-state index in [-0.39, 0.29) is 72.5 Å². The molecule has 7 aliphatic heterocycles. The molecule has 0 amide bonds. The Morgan fingerprint density at radius 2 is 0.489 bits per heavy atom. The lowest BCUT2D eigenvalue weighted by molar-refractivity contribution is -0.0950. The summed E-state index contributed by atoms with van der Waals surface area (Å²) >= 11 is 0. The maximum absolute atomic E-state index is 6.73. The van der Waals surface area contributed by atoms with Crippen LogP contribution in [-0.2, 0) is 45.4 Å². The standard InChI is InChI=1S/C80H88O8/c1-77(2)57-41-69(77)65-17-9-13-37-81-61-29-31-62(32-30-61)82-38-14-10-19-67-71-43-59(79(71,5)6)47-75(67)87-51-55-25-27-56(28-26-55)52-88-76-48-60-44-72(80(60,7)8)68(76)20-12-16-40-84-64-35-33-63(34-36-64)83-39-15-11-18-66-70-42-58(78(70,3)4)46-74(66)86-50-54-23-21-53(22-24-54)49-85-73(65)45-57/h17-36,57-60,69-76H,37-52H2,1-8H3/t57-,58-,59-,60-,69+,70+,71+,72+,73+,74+,75+,76+/m1/s1. The van der Waals surface area contributed by atoms with Gasteiger partial charge in [0.25, 0.3) is 0 Å². The van der Waals surface area contributed by atoms with Gasteiger partial charge in [0.15, 0.2) is 0 Å². The van der Waals surface area contributed by atoms with E-state index in [1.54, 1.807) is 0 Å². The molecule has 0 spiro atoms. The van der Waals surface area contributed by atoms with Crippen LogP contribution in [0.15, 0.2) is 144 Å². The van der Waals surface area contributed by atoms with Gasteiger partial charge in [-0.2, -0.15) is 0 Å². The second kappa shape index (κ2) is 25.2. The highest BCUT2D eigenvalue weighted by Crippen LogP contribution is 2.65. The van der Waals surface area contributed by atoms with Crippen molar-refractivity contribution in [2.45, 2.75) is 158 Å². The van der Waals surface area contributed by atoms with E-state index in [9.17, 15) is 0 Å². The Kier molecular flexibility index (Phi) is 17.2. The van der Waals surface area contributed by atoms with Crippen LogP contribution >= 0.6 is 0 Å². The van der Waals surface area contributed by atoms with E-state index < -0.39 is 0 Å². The fourth-order valence-corrected chi connectivity index (χ4v) is 16.5. The quantitative estimate of drug-likeness (QED) is 0.161. The Morgan fingerprint density at radius 3 is 0.682 bits per heavy atom. The van der Waals surface area contributed by atoms with Gasteiger partial charge in [-0.25, -0.2) is 0 Å². The Bertz CT molecular complexity index is 3110. The minimum atomic E-state index is 0.0497. The van der Waals surface area contributed by atoms with Gasteiger partial charge in [-0.3, -0.25) is 0 Å². The fourth-order valence-electron chi connectivity index (χ4n) is 16.5. The van der Waals surface area contributed by atoms with Crippen LogP contribution in [0.25, 0.3) is 0 Å². The summed E-state index contributed by atoms with van der Waals surface area (Å²) in [5.41, 5.74) is 10.9. The zero-order chi connectivity index (χ0) is 60.6. The summed E-state index contributed by atoms with van der Waals surface area (Å²) in [6.07, 6.45) is 17.5. The van der Waals surface area contributed by atoms with Crippen molar-refractivity contribution in [1.29, 1.82) is 0 Å². The molecule has 88 heavy (non-hydrogen) atoms. The van der Waals surface area contributed by atoms with E-state index in [0.29, 0.717) is 73.8 Å². The Morgan fingerprint density at radius 1 is 0.284 bits per heavy atom. The minimum Gasteiger partial charge on any atom is -0.481 e. The number of ether oxygens (including phenoxy) is 8. The molecule has 8 heteroatoms. The van der Waals surface area contributed by atoms with E-state index in [1.807, 2.05) is 48.5 Å².